The van der Waals surface area contributed by atoms with E-state index in [2.05, 4.69) is 11.4 Å². The average Bonchev–Trinajstić information content (AvgIpc) is 2.38. The predicted octanol–water partition coefficient (Wildman–Crippen LogP) is 1.96. The van der Waals surface area contributed by atoms with Gasteiger partial charge in [-0.3, -0.25) is 4.90 Å². The number of rotatable bonds is 1. The third kappa shape index (κ3) is 3.76. The minimum absolute atomic E-state index is 0.370. The van der Waals surface area contributed by atoms with Gasteiger partial charge in [-0.25, -0.2) is 4.79 Å². The Balaban J connectivity index is 2.04. The van der Waals surface area contributed by atoms with Crippen LogP contribution in [0.2, 0.25) is 0 Å². The molecule has 3 N–H and O–H groups in total. The first kappa shape index (κ1) is 14.9. The molecule has 2 aliphatic heterocycles. The topological polar surface area (TPSA) is 67.6 Å². The van der Waals surface area contributed by atoms with E-state index in [0.717, 1.165) is 25.9 Å². The number of hydrogen-bond acceptors (Lipinski definition) is 4. The summed E-state index contributed by atoms with van der Waals surface area (Å²) in [5, 5.41) is 3.36. The Labute approximate surface area is 120 Å². The summed E-state index contributed by atoms with van der Waals surface area (Å²) < 4.78 is 5.41. The van der Waals surface area contributed by atoms with Gasteiger partial charge >= 0.3 is 6.09 Å². The van der Waals surface area contributed by atoms with Crippen LogP contribution in [0.1, 0.15) is 33.6 Å². The van der Waals surface area contributed by atoms with Gasteiger partial charge in [-0.15, -0.1) is 0 Å². The van der Waals surface area contributed by atoms with E-state index in [1.54, 1.807) is 0 Å². The number of amides is 1. The number of nitrogens with two attached hydrogens (primary N) is 1. The lowest BCUT2D eigenvalue weighted by Gasteiger charge is -2.33. The molecule has 2 rings (SSSR count). The lowest BCUT2D eigenvalue weighted by atomic mass is 9.88. The number of nitrogens with one attached hydrogen (secondary N) is 1. The van der Waals surface area contributed by atoms with E-state index in [-0.39, 0.29) is 6.09 Å². The summed E-state index contributed by atoms with van der Waals surface area (Å²) in [6, 6.07) is 0. The molecule has 1 amide bonds. The van der Waals surface area contributed by atoms with Crippen molar-refractivity contribution in [1.29, 1.82) is 0 Å². The van der Waals surface area contributed by atoms with Gasteiger partial charge in [-0.05, 0) is 64.3 Å². The molecule has 0 saturated carbocycles. The molecule has 0 bridgehead atoms. The van der Waals surface area contributed by atoms with Crippen LogP contribution in [0.4, 0.5) is 4.79 Å². The minimum atomic E-state index is -0.507. The third-order valence-electron chi connectivity index (χ3n) is 3.60. The second-order valence-electron chi connectivity index (χ2n) is 6.42. The SMILES string of the molecule is CC(C)(C)OC(=O)N1CC(C2CCNCC2)=CC=C1N. The molecule has 112 valence electrons. The van der Waals surface area contributed by atoms with Crippen molar-refractivity contribution < 1.29 is 9.53 Å². The molecule has 1 saturated heterocycles. The molecule has 0 spiro atoms. The maximum atomic E-state index is 12.2. The molecule has 0 aromatic carbocycles. The molecule has 0 unspecified atom stereocenters. The van der Waals surface area contributed by atoms with Crippen molar-refractivity contribution in [3.63, 3.8) is 0 Å². The van der Waals surface area contributed by atoms with Gasteiger partial charge in [0.25, 0.3) is 0 Å². The number of carbonyl (C=O) groups excluding carboxylic acids is 1. The largest absolute Gasteiger partial charge is 0.443 e. The second kappa shape index (κ2) is 5.87. The number of nitrogens with zero attached hydrogens (tertiary/aromatic N) is 1. The smallest absolute Gasteiger partial charge is 0.416 e. The third-order valence-corrected chi connectivity index (χ3v) is 3.60. The monoisotopic (exact) mass is 279 g/mol. The molecular formula is C15H25N3O2. The van der Waals surface area contributed by atoms with Gasteiger partial charge in [0, 0.05) is 0 Å². The van der Waals surface area contributed by atoms with Crippen LogP contribution in [-0.2, 0) is 4.74 Å². The zero-order chi connectivity index (χ0) is 14.8. The van der Waals surface area contributed by atoms with E-state index in [4.69, 9.17) is 10.5 Å². The molecule has 0 aromatic heterocycles. The van der Waals surface area contributed by atoms with E-state index in [9.17, 15) is 4.79 Å². The maximum Gasteiger partial charge on any atom is 0.416 e. The molecule has 2 aliphatic rings. The molecular weight excluding hydrogens is 254 g/mol. The van der Waals surface area contributed by atoms with Gasteiger partial charge in [0.1, 0.15) is 11.4 Å². The fourth-order valence-electron chi connectivity index (χ4n) is 2.55. The quantitative estimate of drug-likeness (QED) is 0.770. The standard InChI is InChI=1S/C15H25N3O2/c1-15(2,3)20-14(19)18-10-12(4-5-13(18)16)11-6-8-17-9-7-11/h4-5,11,17H,6-10,16H2,1-3H3. The Hall–Kier alpha value is -1.49. The summed E-state index contributed by atoms with van der Waals surface area (Å²) in [4.78, 5) is 13.7. The first-order valence-electron chi connectivity index (χ1n) is 7.24. The molecule has 5 heteroatoms. The molecule has 1 fully saturated rings. The van der Waals surface area contributed by atoms with E-state index >= 15 is 0 Å². The molecule has 0 radical (unpaired) electrons. The number of hydrogen-bond donors (Lipinski definition) is 2. The number of piperidine rings is 1. The van der Waals surface area contributed by atoms with E-state index < -0.39 is 5.60 Å². The Kier molecular flexibility index (Phi) is 4.38. The van der Waals surface area contributed by atoms with Gasteiger partial charge in [-0.2, -0.15) is 0 Å². The van der Waals surface area contributed by atoms with Crippen molar-refractivity contribution in [2.45, 2.75) is 39.2 Å². The first-order valence-corrected chi connectivity index (χ1v) is 7.24. The highest BCUT2D eigenvalue weighted by atomic mass is 16.6. The Morgan fingerprint density at radius 1 is 1.35 bits per heavy atom. The second-order valence-corrected chi connectivity index (χ2v) is 6.42. The van der Waals surface area contributed by atoms with Gasteiger partial charge in [0.05, 0.1) is 6.54 Å². The first-order chi connectivity index (χ1) is 9.37. The highest BCUT2D eigenvalue weighted by Gasteiger charge is 2.28. The summed E-state index contributed by atoms with van der Waals surface area (Å²) >= 11 is 0. The summed E-state index contributed by atoms with van der Waals surface area (Å²) in [6.07, 6.45) is 5.73. The lowest BCUT2D eigenvalue weighted by molar-refractivity contribution is 0.0318. The van der Waals surface area contributed by atoms with E-state index in [1.807, 2.05) is 26.8 Å². The van der Waals surface area contributed by atoms with Crippen molar-refractivity contribution in [1.82, 2.24) is 10.2 Å². The zero-order valence-electron chi connectivity index (χ0n) is 12.6. The van der Waals surface area contributed by atoms with Gasteiger partial charge in [0.2, 0.25) is 0 Å². The Morgan fingerprint density at radius 3 is 2.60 bits per heavy atom. The zero-order valence-corrected chi connectivity index (χ0v) is 12.6. The van der Waals surface area contributed by atoms with Crippen LogP contribution in [0.15, 0.2) is 23.5 Å². The molecule has 5 nitrogen and oxygen atoms in total. The molecule has 0 aromatic rings. The van der Waals surface area contributed by atoms with Crippen molar-refractivity contribution in [2.24, 2.45) is 11.7 Å². The molecule has 2 heterocycles. The lowest BCUT2D eigenvalue weighted by Crippen LogP contribution is -2.42. The highest BCUT2D eigenvalue weighted by Crippen LogP contribution is 2.26. The molecule has 20 heavy (non-hydrogen) atoms. The fourth-order valence-corrected chi connectivity index (χ4v) is 2.55. The molecule has 0 atom stereocenters. The van der Waals surface area contributed by atoms with Crippen LogP contribution in [0.3, 0.4) is 0 Å². The van der Waals surface area contributed by atoms with Gasteiger partial charge in [-0.1, -0.05) is 6.08 Å². The van der Waals surface area contributed by atoms with Crippen LogP contribution < -0.4 is 11.1 Å². The van der Waals surface area contributed by atoms with Crippen molar-refractivity contribution >= 4 is 6.09 Å². The number of ether oxygens (including phenoxy) is 1. The average molecular weight is 279 g/mol. The van der Waals surface area contributed by atoms with E-state index in [1.165, 1.54) is 10.5 Å². The summed E-state index contributed by atoms with van der Waals surface area (Å²) in [5.74, 6) is 0.988. The summed E-state index contributed by atoms with van der Waals surface area (Å²) in [7, 11) is 0. The minimum Gasteiger partial charge on any atom is -0.443 e. The van der Waals surface area contributed by atoms with Crippen molar-refractivity contribution in [3.05, 3.63) is 23.5 Å². The van der Waals surface area contributed by atoms with Crippen LogP contribution >= 0.6 is 0 Å². The molecule has 0 aliphatic carbocycles. The van der Waals surface area contributed by atoms with Crippen LogP contribution in [0, 0.1) is 5.92 Å². The Bertz CT molecular complexity index is 429. The van der Waals surface area contributed by atoms with Crippen molar-refractivity contribution in [2.75, 3.05) is 19.6 Å². The van der Waals surface area contributed by atoms with Gasteiger partial charge < -0.3 is 15.8 Å². The maximum absolute atomic E-state index is 12.2. The van der Waals surface area contributed by atoms with Crippen LogP contribution in [-0.4, -0.2) is 36.2 Å². The summed E-state index contributed by atoms with van der Waals surface area (Å²) in [6.45, 7) is 8.19. The fraction of sp³-hybridized carbons (Fsp3) is 0.667. The normalized spacial score (nSPS) is 21.2. The summed E-state index contributed by atoms with van der Waals surface area (Å²) in [5.41, 5.74) is 6.68. The highest BCUT2D eigenvalue weighted by molar-refractivity contribution is 5.71. The number of allylic oxidation sites excluding steroid dienone is 2. The van der Waals surface area contributed by atoms with E-state index in [0.29, 0.717) is 18.3 Å². The predicted molar refractivity (Wildman–Crippen MR) is 78.9 cm³/mol. The number of carbonyl (C=O) groups is 1. The van der Waals surface area contributed by atoms with Crippen molar-refractivity contribution in [3.8, 4) is 0 Å². The van der Waals surface area contributed by atoms with Crippen LogP contribution in [0.5, 0.6) is 0 Å². The van der Waals surface area contributed by atoms with Crippen LogP contribution in [0.25, 0.3) is 0 Å². The van der Waals surface area contributed by atoms with Gasteiger partial charge in [0.15, 0.2) is 0 Å². The Morgan fingerprint density at radius 2 is 2.00 bits per heavy atom.